The maximum Gasteiger partial charge on any atom is 0.361 e. The summed E-state index contributed by atoms with van der Waals surface area (Å²) in [5, 5.41) is 1.14. The summed E-state index contributed by atoms with van der Waals surface area (Å²) in [7, 11) is 2.94. The van der Waals surface area contributed by atoms with Crippen LogP contribution < -0.4 is 46.5 Å². The van der Waals surface area contributed by atoms with Gasteiger partial charge < -0.3 is 49.9 Å². The number of fused-ring (bicyclic) bond motifs is 7. The van der Waals surface area contributed by atoms with Crippen LogP contribution in [-0.2, 0) is 27.3 Å². The number of nitrogens with two attached hydrogens (primary N) is 3. The number of rotatable bonds is 12. The largest absolute Gasteiger partial charge is 0.493 e. The number of carbonyl (C=O) groups excluding carboxylic acids is 3. The first-order chi connectivity index (χ1) is 27.4. The Morgan fingerprint density at radius 2 is 1.28 bits per heavy atom. The van der Waals surface area contributed by atoms with Crippen molar-refractivity contribution >= 4 is 39.8 Å². The molecule has 0 saturated heterocycles. The summed E-state index contributed by atoms with van der Waals surface area (Å²) < 4.78 is 37.0. The Balaban J connectivity index is 1.68. The molecule has 3 heterocycles. The van der Waals surface area contributed by atoms with Crippen LogP contribution in [0.3, 0.4) is 0 Å². The van der Waals surface area contributed by atoms with Gasteiger partial charge in [0.25, 0.3) is 0 Å². The summed E-state index contributed by atoms with van der Waals surface area (Å²) in [6.07, 6.45) is 0.330. The summed E-state index contributed by atoms with van der Waals surface area (Å²) in [4.78, 5) is 53.5. The predicted octanol–water partition coefficient (Wildman–Crippen LogP) is 5.94. The van der Waals surface area contributed by atoms with Crippen LogP contribution in [0.4, 0.5) is 0 Å². The molecule has 0 aliphatic carbocycles. The van der Waals surface area contributed by atoms with Crippen LogP contribution >= 0.6 is 0 Å². The number of methoxy groups -OCH3 is 2. The van der Waals surface area contributed by atoms with Crippen molar-refractivity contribution in [1.29, 1.82) is 0 Å². The number of hydrogen-bond acceptors (Lipinski definition) is 13. The Morgan fingerprint density at radius 3 is 1.83 bits per heavy atom. The summed E-state index contributed by atoms with van der Waals surface area (Å²) in [5.74, 6) is -1.10. The second-order valence-electron chi connectivity index (χ2n) is 15.9. The molecule has 0 spiro atoms. The molecule has 5 aromatic rings. The number of benzene rings is 3. The minimum atomic E-state index is -0.910. The monoisotopic (exact) mass is 796 g/mol. The van der Waals surface area contributed by atoms with Gasteiger partial charge in [-0.1, -0.05) is 47.6 Å². The minimum absolute atomic E-state index is 0.133. The van der Waals surface area contributed by atoms with Crippen LogP contribution in [0, 0.1) is 31.6 Å². The number of aryl methyl sites for hydroxylation is 3. The summed E-state index contributed by atoms with van der Waals surface area (Å²) in [5.41, 5.74) is 22.7. The molecule has 3 aromatic carbocycles. The van der Waals surface area contributed by atoms with E-state index in [1.54, 1.807) is 25.1 Å². The van der Waals surface area contributed by atoms with E-state index in [2.05, 4.69) is 0 Å². The highest BCUT2D eigenvalue weighted by atomic mass is 16.6. The molecule has 6 N–H and O–H groups in total. The van der Waals surface area contributed by atoms with Crippen LogP contribution in [0.25, 0.3) is 44.3 Å². The standard InChI is InChI=1S/C44H52N4O10/c1-19(2)34(45)41(49)55-28-12-11-24(15-22(28)7)32-33-27-16-23(8)29(56-42(50)35(46)20(3)4)18-30(27)57-44(52)38(33)48-14-13-25-26(37(32)48)17-31(53-9)40(54-10)39(25)58-43(51)36(47)21(5)6/h11-12,15-21,34-36H,13-14,45-47H2,1-10H3/t34-,35-,36-/m0/s1. The fourth-order valence-electron chi connectivity index (χ4n) is 7.13. The lowest BCUT2D eigenvalue weighted by atomic mass is 9.90. The van der Waals surface area contributed by atoms with E-state index in [-0.39, 0.29) is 52.9 Å². The molecule has 14 nitrogen and oxygen atoms in total. The Bertz CT molecular complexity index is 2510. The molecule has 0 saturated carbocycles. The molecular weight excluding hydrogens is 745 g/mol. The molecule has 1 aliphatic heterocycles. The smallest absolute Gasteiger partial charge is 0.361 e. The van der Waals surface area contributed by atoms with E-state index in [9.17, 15) is 19.2 Å². The van der Waals surface area contributed by atoms with Gasteiger partial charge in [0.05, 0.1) is 19.9 Å². The minimum Gasteiger partial charge on any atom is -0.493 e. The zero-order valence-corrected chi connectivity index (χ0v) is 34.6. The first-order valence-corrected chi connectivity index (χ1v) is 19.3. The van der Waals surface area contributed by atoms with E-state index in [1.807, 2.05) is 65.2 Å². The van der Waals surface area contributed by atoms with Gasteiger partial charge in [-0.2, -0.15) is 0 Å². The molecule has 0 unspecified atom stereocenters. The lowest BCUT2D eigenvalue weighted by Gasteiger charge is -2.26. The summed E-state index contributed by atoms with van der Waals surface area (Å²) in [6, 6.07) is 7.91. The van der Waals surface area contributed by atoms with Gasteiger partial charge in [0.2, 0.25) is 5.75 Å². The normalized spacial score (nSPS) is 14.0. The van der Waals surface area contributed by atoms with Gasteiger partial charge in [0, 0.05) is 40.1 Å². The molecule has 58 heavy (non-hydrogen) atoms. The molecular formula is C44H52N4O10. The third kappa shape index (κ3) is 7.43. The van der Waals surface area contributed by atoms with Gasteiger partial charge in [-0.05, 0) is 79.0 Å². The van der Waals surface area contributed by atoms with Crippen molar-refractivity contribution < 1.29 is 42.5 Å². The zero-order chi connectivity index (χ0) is 42.5. The van der Waals surface area contributed by atoms with Crippen LogP contribution in [0.1, 0.15) is 58.2 Å². The van der Waals surface area contributed by atoms with Crippen LogP contribution in [0.2, 0.25) is 0 Å². The molecule has 0 fully saturated rings. The third-order valence-electron chi connectivity index (χ3n) is 10.8. The first-order valence-electron chi connectivity index (χ1n) is 19.3. The Hall–Kier alpha value is -5.70. The molecule has 0 amide bonds. The highest BCUT2D eigenvalue weighted by molar-refractivity contribution is 6.17. The lowest BCUT2D eigenvalue weighted by molar-refractivity contribution is -0.137. The molecule has 0 radical (unpaired) electrons. The number of hydrogen-bond donors (Lipinski definition) is 3. The predicted molar refractivity (Wildman–Crippen MR) is 220 cm³/mol. The third-order valence-corrected chi connectivity index (χ3v) is 10.8. The van der Waals surface area contributed by atoms with Gasteiger partial charge in [0.15, 0.2) is 11.5 Å². The van der Waals surface area contributed by atoms with Crippen LogP contribution in [0.15, 0.2) is 45.6 Å². The second kappa shape index (κ2) is 16.3. The molecule has 3 atom stereocenters. The average molecular weight is 797 g/mol. The van der Waals surface area contributed by atoms with Crippen molar-refractivity contribution in [3.8, 4) is 51.1 Å². The molecule has 6 rings (SSSR count). The summed E-state index contributed by atoms with van der Waals surface area (Å²) in [6.45, 7) is 14.9. The Kier molecular flexibility index (Phi) is 11.8. The van der Waals surface area contributed by atoms with E-state index in [4.69, 9.17) is 45.3 Å². The van der Waals surface area contributed by atoms with E-state index in [0.717, 1.165) is 0 Å². The van der Waals surface area contributed by atoms with E-state index in [0.29, 0.717) is 67.5 Å². The van der Waals surface area contributed by atoms with E-state index < -0.39 is 41.7 Å². The van der Waals surface area contributed by atoms with Gasteiger partial charge in [-0.25, -0.2) is 19.2 Å². The molecule has 1 aliphatic rings. The van der Waals surface area contributed by atoms with E-state index >= 15 is 0 Å². The van der Waals surface area contributed by atoms with Crippen molar-refractivity contribution in [3.05, 3.63) is 63.5 Å². The van der Waals surface area contributed by atoms with Gasteiger partial charge in [0.1, 0.15) is 40.7 Å². The molecule has 2 aromatic heterocycles. The first kappa shape index (κ1) is 41.9. The van der Waals surface area contributed by atoms with Gasteiger partial charge >= 0.3 is 23.5 Å². The quantitative estimate of drug-likeness (QED) is 0.0760. The number of carbonyl (C=O) groups is 3. The van der Waals surface area contributed by atoms with E-state index in [1.165, 1.54) is 20.3 Å². The number of esters is 3. The van der Waals surface area contributed by atoms with Gasteiger partial charge in [-0.3, -0.25) is 0 Å². The van der Waals surface area contributed by atoms with Crippen molar-refractivity contribution in [2.45, 2.75) is 86.5 Å². The van der Waals surface area contributed by atoms with Crippen molar-refractivity contribution in [2.75, 3.05) is 14.2 Å². The number of nitrogens with zero attached hydrogens (tertiary/aromatic N) is 1. The van der Waals surface area contributed by atoms with Crippen LogP contribution in [-0.4, -0.2) is 54.8 Å². The summed E-state index contributed by atoms with van der Waals surface area (Å²) >= 11 is 0. The zero-order valence-electron chi connectivity index (χ0n) is 34.6. The highest BCUT2D eigenvalue weighted by Crippen LogP contribution is 2.53. The fourth-order valence-corrected chi connectivity index (χ4v) is 7.13. The highest BCUT2D eigenvalue weighted by Gasteiger charge is 2.35. The van der Waals surface area contributed by atoms with Crippen molar-refractivity contribution in [2.24, 2.45) is 35.0 Å². The molecule has 308 valence electrons. The maximum absolute atomic E-state index is 14.3. The average Bonchev–Trinajstić information content (AvgIpc) is 3.54. The fraction of sp³-hybridized carbons (Fsp3) is 0.409. The number of ether oxygens (including phenoxy) is 5. The number of aromatic nitrogens is 1. The van der Waals surface area contributed by atoms with Crippen molar-refractivity contribution in [1.82, 2.24) is 4.57 Å². The molecule has 14 heteroatoms. The lowest BCUT2D eigenvalue weighted by Crippen LogP contribution is -2.39. The SMILES string of the molecule is COc1cc2c(c(OC(=O)[C@@H](N)C(C)C)c1OC)CCn1c-2c(-c2ccc(OC(=O)[C@@H](N)C(C)C)c(C)c2)c2c3cc(C)c(OC(=O)[C@@H](N)C(C)C)cc3oc(=O)c21. The Morgan fingerprint density at radius 1 is 0.707 bits per heavy atom. The topological polar surface area (TPSA) is 211 Å². The van der Waals surface area contributed by atoms with Gasteiger partial charge in [-0.15, -0.1) is 0 Å². The second-order valence-corrected chi connectivity index (χ2v) is 15.9. The van der Waals surface area contributed by atoms with Crippen molar-refractivity contribution in [3.63, 3.8) is 0 Å². The van der Waals surface area contributed by atoms with Crippen LogP contribution in [0.5, 0.6) is 28.7 Å². The maximum atomic E-state index is 14.3. The Labute approximate surface area is 336 Å². The molecule has 0 bridgehead atoms.